The summed E-state index contributed by atoms with van der Waals surface area (Å²) >= 11 is 0. The van der Waals surface area contributed by atoms with Gasteiger partial charge in [0.1, 0.15) is 11.9 Å². The fourth-order valence-electron chi connectivity index (χ4n) is 1.74. The molecule has 0 unspecified atom stereocenters. The molecule has 0 aliphatic heterocycles. The number of carbonyl (C=O) groups excluding carboxylic acids is 1. The largest absolute Gasteiger partial charge is 0.352 e. The molecule has 106 valence electrons. The summed E-state index contributed by atoms with van der Waals surface area (Å²) in [5.74, 6) is -1.89. The highest BCUT2D eigenvalue weighted by Gasteiger charge is 2.13. The highest BCUT2D eigenvalue weighted by molar-refractivity contribution is 5.94. The molecule has 1 heterocycles. The number of carbonyl (C=O) groups is 1. The van der Waals surface area contributed by atoms with Crippen molar-refractivity contribution in [3.63, 3.8) is 0 Å². The van der Waals surface area contributed by atoms with Gasteiger partial charge in [-0.25, -0.2) is 9.37 Å². The van der Waals surface area contributed by atoms with E-state index in [4.69, 9.17) is 5.26 Å². The Bertz CT molecular complexity index is 693. The molecule has 1 N–H and O–H groups in total. The van der Waals surface area contributed by atoms with Gasteiger partial charge in [-0.15, -0.1) is 0 Å². The number of amides is 1. The lowest BCUT2D eigenvalue weighted by atomic mass is 10.1. The third kappa shape index (κ3) is 3.83. The Morgan fingerprint density at radius 2 is 2.00 bits per heavy atom. The summed E-state index contributed by atoms with van der Waals surface area (Å²) in [5, 5.41) is 11.2. The molecule has 21 heavy (non-hydrogen) atoms. The van der Waals surface area contributed by atoms with E-state index in [9.17, 15) is 13.6 Å². The fourth-order valence-corrected chi connectivity index (χ4v) is 1.74. The van der Waals surface area contributed by atoms with E-state index in [1.807, 2.05) is 0 Å². The van der Waals surface area contributed by atoms with Crippen molar-refractivity contribution < 1.29 is 13.6 Å². The minimum absolute atomic E-state index is 0.111. The minimum Gasteiger partial charge on any atom is -0.352 e. The molecule has 0 radical (unpaired) electrons. The third-order valence-corrected chi connectivity index (χ3v) is 2.83. The molecule has 0 saturated heterocycles. The first-order valence-corrected chi connectivity index (χ1v) is 6.18. The van der Waals surface area contributed by atoms with Crippen LogP contribution in [0.4, 0.5) is 8.78 Å². The van der Waals surface area contributed by atoms with Crippen LogP contribution in [0.3, 0.4) is 0 Å². The highest BCUT2D eigenvalue weighted by atomic mass is 19.1. The Morgan fingerprint density at radius 1 is 1.29 bits per heavy atom. The van der Waals surface area contributed by atoms with Crippen LogP contribution in [0.25, 0.3) is 0 Å². The molecule has 2 aromatic rings. The summed E-state index contributed by atoms with van der Waals surface area (Å²) < 4.78 is 26.2. The molecule has 4 nitrogen and oxygen atoms in total. The molecule has 1 amide bonds. The Hall–Kier alpha value is -2.81. The predicted octanol–water partition coefficient (Wildman–Crippen LogP) is 2.20. The maximum atomic E-state index is 13.4. The van der Waals surface area contributed by atoms with Crippen molar-refractivity contribution in [2.24, 2.45) is 0 Å². The zero-order valence-corrected chi connectivity index (χ0v) is 10.9. The summed E-state index contributed by atoms with van der Waals surface area (Å²) in [6, 6.07) is 8.82. The number of benzene rings is 1. The number of nitrogens with zero attached hydrogens (tertiary/aromatic N) is 2. The van der Waals surface area contributed by atoms with Crippen LogP contribution in [0.1, 0.15) is 21.5 Å². The number of pyridine rings is 1. The van der Waals surface area contributed by atoms with Gasteiger partial charge < -0.3 is 5.32 Å². The molecule has 0 aliphatic rings. The van der Waals surface area contributed by atoms with E-state index in [1.54, 1.807) is 18.2 Å². The number of aromatic nitrogens is 1. The van der Waals surface area contributed by atoms with E-state index in [0.717, 1.165) is 17.8 Å². The quantitative estimate of drug-likeness (QED) is 0.877. The van der Waals surface area contributed by atoms with Crippen molar-refractivity contribution in [3.8, 4) is 6.07 Å². The third-order valence-electron chi connectivity index (χ3n) is 2.83. The molecule has 0 bridgehead atoms. The molecule has 1 aromatic carbocycles. The van der Waals surface area contributed by atoms with Crippen LogP contribution in [0, 0.1) is 23.1 Å². The van der Waals surface area contributed by atoms with Crippen molar-refractivity contribution in [1.82, 2.24) is 10.3 Å². The summed E-state index contributed by atoms with van der Waals surface area (Å²) in [4.78, 5) is 15.2. The number of rotatable bonds is 4. The van der Waals surface area contributed by atoms with Crippen LogP contribution in [0.5, 0.6) is 0 Å². The number of hydrogen-bond acceptors (Lipinski definition) is 3. The zero-order valence-electron chi connectivity index (χ0n) is 10.9. The second kappa shape index (κ2) is 6.57. The van der Waals surface area contributed by atoms with Crippen LogP contribution in [-0.4, -0.2) is 17.4 Å². The van der Waals surface area contributed by atoms with Crippen LogP contribution in [0.15, 0.2) is 36.5 Å². The second-order valence-corrected chi connectivity index (χ2v) is 4.31. The summed E-state index contributed by atoms with van der Waals surface area (Å²) in [6.07, 6.45) is 1.55. The number of hydrogen-bond donors (Lipinski definition) is 1. The Morgan fingerprint density at radius 3 is 2.67 bits per heavy atom. The monoisotopic (exact) mass is 287 g/mol. The lowest BCUT2D eigenvalue weighted by Crippen LogP contribution is -2.27. The topological polar surface area (TPSA) is 65.8 Å². The molecular formula is C15H11F2N3O. The van der Waals surface area contributed by atoms with E-state index in [2.05, 4.69) is 10.3 Å². The van der Waals surface area contributed by atoms with Crippen molar-refractivity contribution in [3.05, 3.63) is 65.0 Å². The van der Waals surface area contributed by atoms with Gasteiger partial charge in [-0.05, 0) is 30.2 Å². The second-order valence-electron chi connectivity index (χ2n) is 4.31. The predicted molar refractivity (Wildman–Crippen MR) is 71.3 cm³/mol. The maximum absolute atomic E-state index is 13.4. The normalized spacial score (nSPS) is 9.95. The Labute approximate surface area is 120 Å². The van der Waals surface area contributed by atoms with Crippen LogP contribution in [-0.2, 0) is 6.42 Å². The fraction of sp³-hybridized carbons (Fsp3) is 0.133. The number of nitrogens with one attached hydrogen (secondary N) is 1. The van der Waals surface area contributed by atoms with Crippen LogP contribution in [0.2, 0.25) is 0 Å². The molecule has 0 spiro atoms. The van der Waals surface area contributed by atoms with Crippen LogP contribution >= 0.6 is 0 Å². The molecule has 0 fully saturated rings. The first-order valence-electron chi connectivity index (χ1n) is 6.18. The maximum Gasteiger partial charge on any atom is 0.255 e. The average molecular weight is 287 g/mol. The summed E-state index contributed by atoms with van der Waals surface area (Å²) in [7, 11) is 0. The van der Waals surface area contributed by atoms with Crippen molar-refractivity contribution in [2.75, 3.05) is 6.54 Å². The van der Waals surface area contributed by atoms with Gasteiger partial charge in [0.2, 0.25) is 5.95 Å². The highest BCUT2D eigenvalue weighted by Crippen LogP contribution is 2.07. The first kappa shape index (κ1) is 14.6. The van der Waals surface area contributed by atoms with Gasteiger partial charge >= 0.3 is 0 Å². The molecular weight excluding hydrogens is 276 g/mol. The van der Waals surface area contributed by atoms with Gasteiger partial charge in [0.15, 0.2) is 0 Å². The summed E-state index contributed by atoms with van der Waals surface area (Å²) in [5.41, 5.74) is 0.689. The van der Waals surface area contributed by atoms with Gasteiger partial charge in [-0.3, -0.25) is 4.79 Å². The standard InChI is InChI=1S/C15H11F2N3O/c16-12-3-1-10(2-4-12)5-6-19-15(21)13-7-11(8-18)9-20-14(13)17/h1-4,7,9H,5-6H2,(H,19,21). The average Bonchev–Trinajstić information content (AvgIpc) is 2.49. The van der Waals surface area contributed by atoms with E-state index >= 15 is 0 Å². The molecule has 0 saturated carbocycles. The summed E-state index contributed by atoms with van der Waals surface area (Å²) in [6.45, 7) is 0.265. The van der Waals surface area contributed by atoms with Crippen molar-refractivity contribution in [1.29, 1.82) is 5.26 Å². The number of halogens is 2. The van der Waals surface area contributed by atoms with Gasteiger partial charge in [0.25, 0.3) is 5.91 Å². The van der Waals surface area contributed by atoms with Crippen molar-refractivity contribution in [2.45, 2.75) is 6.42 Å². The van der Waals surface area contributed by atoms with Gasteiger partial charge in [0, 0.05) is 12.7 Å². The SMILES string of the molecule is N#Cc1cnc(F)c(C(=O)NCCc2ccc(F)cc2)c1. The minimum atomic E-state index is -0.923. The van der Waals surface area contributed by atoms with E-state index in [-0.39, 0.29) is 23.5 Å². The van der Waals surface area contributed by atoms with Crippen LogP contribution < -0.4 is 5.32 Å². The Balaban J connectivity index is 1.96. The van der Waals surface area contributed by atoms with Gasteiger partial charge in [-0.2, -0.15) is 9.65 Å². The number of nitriles is 1. The van der Waals surface area contributed by atoms with E-state index in [1.165, 1.54) is 12.1 Å². The zero-order chi connectivity index (χ0) is 15.2. The first-order chi connectivity index (χ1) is 10.1. The van der Waals surface area contributed by atoms with E-state index in [0.29, 0.717) is 6.42 Å². The van der Waals surface area contributed by atoms with E-state index < -0.39 is 11.9 Å². The smallest absolute Gasteiger partial charge is 0.255 e. The molecule has 1 aromatic heterocycles. The van der Waals surface area contributed by atoms with Gasteiger partial charge in [0.05, 0.1) is 11.1 Å². The van der Waals surface area contributed by atoms with Gasteiger partial charge in [-0.1, -0.05) is 12.1 Å². The molecule has 0 aliphatic carbocycles. The lowest BCUT2D eigenvalue weighted by Gasteiger charge is -2.06. The van der Waals surface area contributed by atoms with Crippen molar-refractivity contribution >= 4 is 5.91 Å². The molecule has 6 heteroatoms. The Kier molecular flexibility index (Phi) is 4.57. The molecule has 2 rings (SSSR count). The molecule has 0 atom stereocenters. The lowest BCUT2D eigenvalue weighted by molar-refractivity contribution is 0.0949.